The number of benzene rings is 2. The molecule has 0 bridgehead atoms. The van der Waals surface area contributed by atoms with Crippen molar-refractivity contribution in [1.29, 1.82) is 0 Å². The van der Waals surface area contributed by atoms with E-state index >= 15 is 0 Å². The zero-order chi connectivity index (χ0) is 13.6. The van der Waals surface area contributed by atoms with Crippen LogP contribution in [0, 0.1) is 0 Å². The molecule has 98 valence electrons. The van der Waals surface area contributed by atoms with Crippen LogP contribution in [-0.2, 0) is 5.21 Å². The molecule has 0 fully saturated rings. The average Bonchev–Trinajstić information content (AvgIpc) is 2.55. The van der Waals surface area contributed by atoms with Crippen molar-refractivity contribution in [2.75, 3.05) is 0 Å². The zero-order valence-electron chi connectivity index (χ0n) is 11.2. The monoisotopic (exact) mass is 321 g/mol. The first kappa shape index (κ1) is 13.1. The number of hydrogen-bond acceptors (Lipinski definition) is 1. The molecule has 1 nitrogen and oxygen atoms in total. The predicted octanol–water partition coefficient (Wildman–Crippen LogP) is 2.47. The molecule has 0 spiro atoms. The van der Waals surface area contributed by atoms with Crippen molar-refractivity contribution in [1.82, 2.24) is 4.98 Å². The zero-order valence-corrected chi connectivity index (χ0v) is 13.1. The summed E-state index contributed by atoms with van der Waals surface area (Å²) in [5, 5.41) is 1.07. The Labute approximate surface area is 124 Å². The van der Waals surface area contributed by atoms with Gasteiger partial charge in [0.15, 0.2) is 0 Å². The van der Waals surface area contributed by atoms with E-state index in [9.17, 15) is 0 Å². The normalized spacial score (nSPS) is 10.7. The van der Waals surface area contributed by atoms with Gasteiger partial charge in [0.25, 0.3) is 0 Å². The van der Waals surface area contributed by atoms with Crippen LogP contribution in [0.15, 0.2) is 85.1 Å². The molecule has 0 aliphatic carbocycles. The SMILES string of the molecule is c1ccc([As](Cc2ccccn2)c2ccccc2)cc1. The van der Waals surface area contributed by atoms with Gasteiger partial charge in [-0.2, -0.15) is 0 Å². The minimum absolute atomic E-state index is 1.07. The third-order valence-electron chi connectivity index (χ3n) is 3.18. The van der Waals surface area contributed by atoms with E-state index < -0.39 is 14.7 Å². The van der Waals surface area contributed by atoms with Gasteiger partial charge in [0.2, 0.25) is 0 Å². The van der Waals surface area contributed by atoms with Crippen LogP contribution in [0.2, 0.25) is 0 Å². The van der Waals surface area contributed by atoms with Crippen molar-refractivity contribution in [3.05, 3.63) is 90.8 Å². The molecule has 0 saturated heterocycles. The molecule has 0 radical (unpaired) electrons. The molecule has 2 heteroatoms. The van der Waals surface area contributed by atoms with Gasteiger partial charge in [0, 0.05) is 0 Å². The van der Waals surface area contributed by atoms with Crippen LogP contribution in [0.3, 0.4) is 0 Å². The molecule has 2 aromatic carbocycles. The van der Waals surface area contributed by atoms with E-state index in [2.05, 4.69) is 77.8 Å². The molecule has 0 amide bonds. The first-order chi connectivity index (χ1) is 9.93. The van der Waals surface area contributed by atoms with E-state index in [4.69, 9.17) is 0 Å². The molecule has 0 aliphatic heterocycles. The van der Waals surface area contributed by atoms with Crippen LogP contribution in [0.4, 0.5) is 0 Å². The van der Waals surface area contributed by atoms with Gasteiger partial charge >= 0.3 is 124 Å². The van der Waals surface area contributed by atoms with Crippen molar-refractivity contribution >= 4 is 23.4 Å². The molecule has 20 heavy (non-hydrogen) atoms. The van der Waals surface area contributed by atoms with Gasteiger partial charge in [-0.25, -0.2) is 0 Å². The van der Waals surface area contributed by atoms with Crippen LogP contribution >= 0.6 is 0 Å². The van der Waals surface area contributed by atoms with Gasteiger partial charge in [0.1, 0.15) is 0 Å². The summed E-state index contributed by atoms with van der Waals surface area (Å²) in [6, 6.07) is 27.9. The second-order valence-electron chi connectivity index (χ2n) is 4.58. The van der Waals surface area contributed by atoms with Crippen molar-refractivity contribution in [3.8, 4) is 0 Å². The summed E-state index contributed by atoms with van der Waals surface area (Å²) in [5.74, 6) is 0. The first-order valence-corrected chi connectivity index (χ1v) is 9.91. The molecular weight excluding hydrogens is 305 g/mol. The van der Waals surface area contributed by atoms with Crippen LogP contribution in [-0.4, -0.2) is 19.6 Å². The van der Waals surface area contributed by atoms with Gasteiger partial charge in [-0.05, 0) is 0 Å². The molecule has 0 unspecified atom stereocenters. The van der Waals surface area contributed by atoms with E-state index in [-0.39, 0.29) is 0 Å². The fourth-order valence-electron chi connectivity index (χ4n) is 2.20. The standard InChI is InChI=1S/C18H16AsN/c1-3-9-16(10-4-1)19(17-11-5-2-6-12-17)15-18-13-7-8-14-20-18/h1-14H,15H2. The predicted molar refractivity (Wildman–Crippen MR) is 85.8 cm³/mol. The number of rotatable bonds is 4. The van der Waals surface area contributed by atoms with Crippen LogP contribution in [0.1, 0.15) is 5.69 Å². The molecule has 0 aliphatic rings. The molecule has 1 heterocycles. The van der Waals surface area contributed by atoms with E-state index in [1.54, 1.807) is 0 Å². The molecule has 0 saturated carbocycles. The molecule has 0 atom stereocenters. The molecule has 3 rings (SSSR count). The minimum atomic E-state index is -1.32. The first-order valence-electron chi connectivity index (χ1n) is 6.71. The summed E-state index contributed by atoms with van der Waals surface area (Å²) in [6.07, 6.45) is 1.89. The Bertz CT molecular complexity index is 599. The Balaban J connectivity index is 1.96. The molecule has 1 aromatic heterocycles. The van der Waals surface area contributed by atoms with Crippen molar-refractivity contribution in [2.24, 2.45) is 0 Å². The summed E-state index contributed by atoms with van der Waals surface area (Å²) in [4.78, 5) is 4.51. The molecule has 0 N–H and O–H groups in total. The van der Waals surface area contributed by atoms with Gasteiger partial charge in [-0.1, -0.05) is 0 Å². The summed E-state index contributed by atoms with van der Waals surface area (Å²) in [6.45, 7) is 0. The van der Waals surface area contributed by atoms with Gasteiger partial charge < -0.3 is 0 Å². The van der Waals surface area contributed by atoms with E-state index in [0.717, 1.165) is 5.21 Å². The average molecular weight is 321 g/mol. The quantitative estimate of drug-likeness (QED) is 0.673. The third-order valence-corrected chi connectivity index (χ3v) is 8.39. The Hall–Kier alpha value is -1.85. The Morgan fingerprint density at radius 3 is 1.70 bits per heavy atom. The van der Waals surface area contributed by atoms with Crippen LogP contribution < -0.4 is 8.70 Å². The third kappa shape index (κ3) is 3.18. The Morgan fingerprint density at radius 1 is 0.650 bits per heavy atom. The fraction of sp³-hybridized carbons (Fsp3) is 0.0556. The fourth-order valence-corrected chi connectivity index (χ4v) is 6.90. The maximum absolute atomic E-state index is 4.51. The molecule has 3 aromatic rings. The van der Waals surface area contributed by atoms with Crippen molar-refractivity contribution in [2.45, 2.75) is 5.21 Å². The van der Waals surface area contributed by atoms with E-state index in [1.807, 2.05) is 12.3 Å². The van der Waals surface area contributed by atoms with Crippen LogP contribution in [0.5, 0.6) is 0 Å². The van der Waals surface area contributed by atoms with Crippen LogP contribution in [0.25, 0.3) is 0 Å². The number of aromatic nitrogens is 1. The van der Waals surface area contributed by atoms with Gasteiger partial charge in [-0.3, -0.25) is 0 Å². The number of pyridine rings is 1. The second-order valence-corrected chi connectivity index (χ2v) is 9.20. The van der Waals surface area contributed by atoms with E-state index in [0.29, 0.717) is 0 Å². The maximum atomic E-state index is 4.51. The number of hydrogen-bond donors (Lipinski definition) is 0. The Kier molecular flexibility index (Phi) is 4.30. The van der Waals surface area contributed by atoms with Gasteiger partial charge in [-0.15, -0.1) is 0 Å². The van der Waals surface area contributed by atoms with Crippen molar-refractivity contribution in [3.63, 3.8) is 0 Å². The number of nitrogens with zero attached hydrogens (tertiary/aromatic N) is 1. The summed E-state index contributed by atoms with van der Waals surface area (Å²) >= 11 is -1.32. The Morgan fingerprint density at radius 2 is 1.20 bits per heavy atom. The summed E-state index contributed by atoms with van der Waals surface area (Å²) in [5.41, 5.74) is 1.19. The summed E-state index contributed by atoms with van der Waals surface area (Å²) in [7, 11) is 0. The van der Waals surface area contributed by atoms with E-state index in [1.165, 1.54) is 14.4 Å². The molecular formula is C18H16AsN. The second kappa shape index (κ2) is 6.54. The summed E-state index contributed by atoms with van der Waals surface area (Å²) < 4.78 is 2.97. The topological polar surface area (TPSA) is 12.9 Å². The van der Waals surface area contributed by atoms with Crippen molar-refractivity contribution < 1.29 is 0 Å². The van der Waals surface area contributed by atoms with Gasteiger partial charge in [0.05, 0.1) is 0 Å².